The Bertz CT molecular complexity index is 1000. The summed E-state index contributed by atoms with van der Waals surface area (Å²) in [6.45, 7) is 1.18. The van der Waals surface area contributed by atoms with Crippen molar-refractivity contribution in [2.24, 2.45) is 0 Å². The average Bonchev–Trinajstić information content (AvgIpc) is 3.19. The van der Waals surface area contributed by atoms with Gasteiger partial charge >= 0.3 is 0 Å². The van der Waals surface area contributed by atoms with Gasteiger partial charge in [0.05, 0.1) is 18.3 Å². The standard InChI is InChI=1S/C20H17ClN4O/c21-15-9-7-14(8-10-15)12-23-20-24-18-6-2-1-5-17(18)19(25-20)22-13-16-4-3-11-26-16/h1-11H,12-13H2,(H2,22,23,24,25). The number of benzene rings is 2. The third-order valence-corrected chi connectivity index (χ3v) is 4.23. The summed E-state index contributed by atoms with van der Waals surface area (Å²) in [5.74, 6) is 2.19. The average molecular weight is 365 g/mol. The van der Waals surface area contributed by atoms with E-state index in [4.69, 9.17) is 16.0 Å². The van der Waals surface area contributed by atoms with Gasteiger partial charge in [0.15, 0.2) is 0 Å². The zero-order valence-electron chi connectivity index (χ0n) is 13.9. The smallest absolute Gasteiger partial charge is 0.225 e. The third kappa shape index (κ3) is 3.78. The molecule has 0 atom stereocenters. The number of anilines is 2. The van der Waals surface area contributed by atoms with Crippen molar-refractivity contribution in [1.82, 2.24) is 9.97 Å². The molecular formula is C20H17ClN4O. The second kappa shape index (κ2) is 7.45. The van der Waals surface area contributed by atoms with Gasteiger partial charge in [0.25, 0.3) is 0 Å². The van der Waals surface area contributed by atoms with E-state index in [-0.39, 0.29) is 0 Å². The molecule has 130 valence electrons. The van der Waals surface area contributed by atoms with E-state index in [1.807, 2.05) is 60.7 Å². The summed E-state index contributed by atoms with van der Waals surface area (Å²) < 4.78 is 5.38. The number of nitrogens with one attached hydrogen (secondary N) is 2. The second-order valence-corrected chi connectivity index (χ2v) is 6.26. The summed E-state index contributed by atoms with van der Waals surface area (Å²) in [5.41, 5.74) is 1.99. The van der Waals surface area contributed by atoms with E-state index in [2.05, 4.69) is 20.6 Å². The molecule has 0 saturated carbocycles. The predicted octanol–water partition coefficient (Wildman–Crippen LogP) is 5.10. The molecule has 0 aliphatic heterocycles. The number of hydrogen-bond donors (Lipinski definition) is 2. The van der Waals surface area contributed by atoms with Crippen LogP contribution >= 0.6 is 11.6 Å². The van der Waals surface area contributed by atoms with Crippen molar-refractivity contribution < 1.29 is 4.42 Å². The lowest BCUT2D eigenvalue weighted by molar-refractivity contribution is 0.518. The largest absolute Gasteiger partial charge is 0.467 e. The lowest BCUT2D eigenvalue weighted by Gasteiger charge is -2.11. The van der Waals surface area contributed by atoms with Crippen LogP contribution in [0.25, 0.3) is 10.9 Å². The van der Waals surface area contributed by atoms with Gasteiger partial charge in [0, 0.05) is 17.0 Å². The van der Waals surface area contributed by atoms with E-state index in [0.29, 0.717) is 19.0 Å². The van der Waals surface area contributed by atoms with Crippen molar-refractivity contribution in [2.75, 3.05) is 10.6 Å². The van der Waals surface area contributed by atoms with Crippen LogP contribution in [0.5, 0.6) is 0 Å². The Hall–Kier alpha value is -3.05. The molecule has 0 saturated heterocycles. The zero-order valence-corrected chi connectivity index (χ0v) is 14.7. The first kappa shape index (κ1) is 16.4. The fraction of sp³-hybridized carbons (Fsp3) is 0.100. The highest BCUT2D eigenvalue weighted by molar-refractivity contribution is 6.30. The van der Waals surface area contributed by atoms with Crippen molar-refractivity contribution in [3.8, 4) is 0 Å². The van der Waals surface area contributed by atoms with E-state index >= 15 is 0 Å². The van der Waals surface area contributed by atoms with Crippen LogP contribution in [0.1, 0.15) is 11.3 Å². The van der Waals surface area contributed by atoms with Gasteiger partial charge in [-0.2, -0.15) is 4.98 Å². The Kier molecular flexibility index (Phi) is 4.71. The van der Waals surface area contributed by atoms with Crippen LogP contribution in [0, 0.1) is 0 Å². The topological polar surface area (TPSA) is 63.0 Å². The molecule has 0 aliphatic carbocycles. The van der Waals surface area contributed by atoms with Crippen molar-refractivity contribution in [2.45, 2.75) is 13.1 Å². The monoisotopic (exact) mass is 364 g/mol. The van der Waals surface area contributed by atoms with Gasteiger partial charge in [-0.1, -0.05) is 35.9 Å². The van der Waals surface area contributed by atoms with Gasteiger partial charge in [-0.05, 0) is 42.0 Å². The molecule has 0 radical (unpaired) electrons. The fourth-order valence-electron chi connectivity index (χ4n) is 2.66. The zero-order chi connectivity index (χ0) is 17.8. The lowest BCUT2D eigenvalue weighted by atomic mass is 10.2. The van der Waals surface area contributed by atoms with Crippen molar-refractivity contribution in [3.05, 3.63) is 83.3 Å². The number of nitrogens with zero attached hydrogens (tertiary/aromatic N) is 2. The SMILES string of the molecule is Clc1ccc(CNc2nc(NCc3ccco3)c3ccccc3n2)cc1. The molecule has 5 nitrogen and oxygen atoms in total. The van der Waals surface area contributed by atoms with Gasteiger partial charge < -0.3 is 15.1 Å². The Morgan fingerprint density at radius 1 is 0.846 bits per heavy atom. The maximum absolute atomic E-state index is 5.93. The summed E-state index contributed by atoms with van der Waals surface area (Å²) in [6, 6.07) is 19.4. The highest BCUT2D eigenvalue weighted by Gasteiger charge is 2.08. The number of rotatable bonds is 6. The van der Waals surface area contributed by atoms with Crippen LogP contribution in [-0.2, 0) is 13.1 Å². The molecule has 26 heavy (non-hydrogen) atoms. The first-order chi connectivity index (χ1) is 12.8. The normalized spacial score (nSPS) is 10.8. The van der Waals surface area contributed by atoms with Crippen molar-refractivity contribution in [3.63, 3.8) is 0 Å². The van der Waals surface area contributed by atoms with E-state index in [9.17, 15) is 0 Å². The quantitative estimate of drug-likeness (QED) is 0.498. The molecule has 6 heteroatoms. The van der Waals surface area contributed by atoms with Gasteiger partial charge in [-0.15, -0.1) is 0 Å². The predicted molar refractivity (Wildman–Crippen MR) is 104 cm³/mol. The van der Waals surface area contributed by atoms with E-state index < -0.39 is 0 Å². The molecule has 0 fully saturated rings. The van der Waals surface area contributed by atoms with Gasteiger partial charge in [0.1, 0.15) is 11.6 Å². The molecule has 2 heterocycles. The second-order valence-electron chi connectivity index (χ2n) is 5.83. The first-order valence-electron chi connectivity index (χ1n) is 8.29. The van der Waals surface area contributed by atoms with Crippen LogP contribution < -0.4 is 10.6 Å². The van der Waals surface area contributed by atoms with Crippen molar-refractivity contribution in [1.29, 1.82) is 0 Å². The lowest BCUT2D eigenvalue weighted by Crippen LogP contribution is -2.07. The third-order valence-electron chi connectivity index (χ3n) is 3.98. The van der Waals surface area contributed by atoms with Gasteiger partial charge in [0.2, 0.25) is 5.95 Å². The van der Waals surface area contributed by atoms with Gasteiger partial charge in [-0.25, -0.2) is 4.98 Å². The summed E-state index contributed by atoms with van der Waals surface area (Å²) >= 11 is 5.93. The molecule has 4 rings (SSSR count). The molecular weight excluding hydrogens is 348 g/mol. The van der Waals surface area contributed by atoms with E-state index in [1.54, 1.807) is 6.26 Å². The minimum absolute atomic E-state index is 0.560. The van der Waals surface area contributed by atoms with E-state index in [1.165, 1.54) is 0 Å². The van der Waals surface area contributed by atoms with Crippen LogP contribution in [0.3, 0.4) is 0 Å². The molecule has 0 unspecified atom stereocenters. The summed E-state index contributed by atoms with van der Waals surface area (Å²) in [6.07, 6.45) is 1.66. The maximum Gasteiger partial charge on any atom is 0.225 e. The summed E-state index contributed by atoms with van der Waals surface area (Å²) in [7, 11) is 0. The Balaban J connectivity index is 1.57. The minimum Gasteiger partial charge on any atom is -0.467 e. The first-order valence-corrected chi connectivity index (χ1v) is 8.67. The molecule has 2 aromatic carbocycles. The van der Waals surface area contributed by atoms with Crippen LogP contribution in [0.2, 0.25) is 5.02 Å². The molecule has 2 aromatic heterocycles. The number of fused-ring (bicyclic) bond motifs is 1. The van der Waals surface area contributed by atoms with E-state index in [0.717, 1.165) is 33.1 Å². The number of para-hydroxylation sites is 1. The number of aromatic nitrogens is 2. The van der Waals surface area contributed by atoms with Crippen LogP contribution in [0.4, 0.5) is 11.8 Å². The molecule has 4 aromatic rings. The summed E-state index contributed by atoms with van der Waals surface area (Å²) in [4.78, 5) is 9.23. The Morgan fingerprint density at radius 2 is 1.69 bits per heavy atom. The Labute approximate surface area is 156 Å². The molecule has 0 spiro atoms. The number of halogens is 1. The maximum atomic E-state index is 5.93. The molecule has 0 bridgehead atoms. The Morgan fingerprint density at radius 3 is 2.50 bits per heavy atom. The van der Waals surface area contributed by atoms with Crippen molar-refractivity contribution >= 4 is 34.3 Å². The molecule has 2 N–H and O–H groups in total. The van der Waals surface area contributed by atoms with Crippen LogP contribution in [0.15, 0.2) is 71.3 Å². The minimum atomic E-state index is 0.560. The number of hydrogen-bond acceptors (Lipinski definition) is 5. The highest BCUT2D eigenvalue weighted by Crippen LogP contribution is 2.23. The summed E-state index contributed by atoms with van der Waals surface area (Å²) in [5, 5.41) is 8.30. The van der Waals surface area contributed by atoms with Gasteiger partial charge in [-0.3, -0.25) is 0 Å². The molecule has 0 amide bonds. The molecule has 0 aliphatic rings. The van der Waals surface area contributed by atoms with Crippen LogP contribution in [-0.4, -0.2) is 9.97 Å². The number of furan rings is 1. The highest BCUT2D eigenvalue weighted by atomic mass is 35.5. The fourth-order valence-corrected chi connectivity index (χ4v) is 2.78.